The number of amides is 1. The van der Waals surface area contributed by atoms with Gasteiger partial charge >= 0.3 is 0 Å². The van der Waals surface area contributed by atoms with E-state index in [1.165, 1.54) is 6.42 Å². The Balaban J connectivity index is 1.89. The molecule has 1 aliphatic rings. The fraction of sp³-hybridized carbons (Fsp3) is 0.409. The average Bonchev–Trinajstić information content (AvgIpc) is 2.63. The summed E-state index contributed by atoms with van der Waals surface area (Å²) in [5.41, 5.74) is 10.2. The number of methoxy groups -OCH3 is 1. The molecule has 0 spiro atoms. The van der Waals surface area contributed by atoms with Crippen LogP contribution in [0, 0.1) is 18.8 Å². The van der Waals surface area contributed by atoms with Crippen molar-refractivity contribution >= 4 is 23.0 Å². The number of para-hydroxylation sites is 1. The van der Waals surface area contributed by atoms with Gasteiger partial charge in [-0.15, -0.1) is 0 Å². The molecule has 5 heteroatoms. The van der Waals surface area contributed by atoms with Crippen LogP contribution in [0.5, 0.6) is 5.75 Å². The normalized spacial score (nSPS) is 19.6. The van der Waals surface area contributed by atoms with Gasteiger partial charge < -0.3 is 20.7 Å². The molecule has 3 rings (SSSR count). The molecule has 0 aromatic heterocycles. The van der Waals surface area contributed by atoms with Crippen molar-refractivity contribution in [1.82, 2.24) is 0 Å². The number of ether oxygens (including phenoxy) is 1. The highest BCUT2D eigenvalue weighted by molar-refractivity contribution is 6.07. The molecule has 27 heavy (non-hydrogen) atoms. The highest BCUT2D eigenvalue weighted by Gasteiger charge is 2.24. The molecule has 1 amide bonds. The summed E-state index contributed by atoms with van der Waals surface area (Å²) >= 11 is 0. The minimum absolute atomic E-state index is 0.227. The topological polar surface area (TPSA) is 67.6 Å². The molecule has 1 saturated heterocycles. The Bertz CT molecular complexity index is 824. The van der Waals surface area contributed by atoms with Crippen molar-refractivity contribution in [2.75, 3.05) is 36.1 Å². The van der Waals surface area contributed by atoms with Crippen LogP contribution in [0.1, 0.15) is 36.2 Å². The minimum atomic E-state index is -0.227. The smallest absolute Gasteiger partial charge is 0.259 e. The van der Waals surface area contributed by atoms with Crippen molar-refractivity contribution in [3.63, 3.8) is 0 Å². The van der Waals surface area contributed by atoms with E-state index >= 15 is 0 Å². The number of piperidine rings is 1. The van der Waals surface area contributed by atoms with E-state index in [4.69, 9.17) is 10.5 Å². The number of nitrogens with one attached hydrogen (secondary N) is 1. The first kappa shape index (κ1) is 19.1. The molecule has 1 heterocycles. The Hall–Kier alpha value is -2.69. The van der Waals surface area contributed by atoms with Crippen molar-refractivity contribution in [3.05, 3.63) is 47.5 Å². The highest BCUT2D eigenvalue weighted by Crippen LogP contribution is 2.34. The summed E-state index contributed by atoms with van der Waals surface area (Å²) in [4.78, 5) is 15.2. The lowest BCUT2D eigenvalue weighted by molar-refractivity contribution is 0.102. The molecule has 0 saturated carbocycles. The molecule has 0 bridgehead atoms. The molecule has 2 aromatic rings. The number of benzene rings is 2. The third kappa shape index (κ3) is 4.18. The first-order valence-electron chi connectivity index (χ1n) is 9.48. The van der Waals surface area contributed by atoms with Crippen LogP contribution >= 0.6 is 0 Å². The molecular formula is C22H29N3O2. The Morgan fingerprint density at radius 2 is 1.85 bits per heavy atom. The van der Waals surface area contributed by atoms with Crippen LogP contribution in [0.2, 0.25) is 0 Å². The third-order valence-electron chi connectivity index (χ3n) is 5.18. The second-order valence-corrected chi connectivity index (χ2v) is 7.73. The second kappa shape index (κ2) is 7.91. The lowest BCUT2D eigenvalue weighted by Gasteiger charge is -2.37. The van der Waals surface area contributed by atoms with Crippen molar-refractivity contribution < 1.29 is 9.53 Å². The molecule has 0 aliphatic carbocycles. The van der Waals surface area contributed by atoms with Crippen molar-refractivity contribution in [2.45, 2.75) is 27.2 Å². The number of aryl methyl sites for hydroxylation is 1. The molecule has 1 aliphatic heterocycles. The fourth-order valence-electron chi connectivity index (χ4n) is 4.05. The van der Waals surface area contributed by atoms with Crippen LogP contribution in [0.15, 0.2) is 36.4 Å². The van der Waals surface area contributed by atoms with Gasteiger partial charge in [0.15, 0.2) is 0 Å². The second-order valence-electron chi connectivity index (χ2n) is 7.73. The number of rotatable bonds is 4. The number of carbonyl (C=O) groups is 1. The summed E-state index contributed by atoms with van der Waals surface area (Å²) in [6, 6.07) is 11.1. The van der Waals surface area contributed by atoms with Gasteiger partial charge in [-0.25, -0.2) is 0 Å². The van der Waals surface area contributed by atoms with E-state index in [1.807, 2.05) is 24.3 Å². The van der Waals surface area contributed by atoms with Gasteiger partial charge in [0, 0.05) is 18.8 Å². The number of nitrogens with zero attached hydrogens (tertiary/aromatic N) is 1. The molecule has 2 aromatic carbocycles. The standard InChI is InChI=1S/C22H29N3O2/c1-14-9-15(2)13-25(12-14)20-11-19(18(23)10-16(20)3)24-22(26)17-7-5-6-8-21(17)27-4/h5-8,10-11,14-15H,9,12-13,23H2,1-4H3,(H,24,26)/t14-,15+. The SMILES string of the molecule is COc1ccccc1C(=O)Nc1cc(N2C[C@H](C)C[C@H](C)C2)c(C)cc1N. The van der Waals surface area contributed by atoms with Crippen LogP contribution in [0.3, 0.4) is 0 Å². The summed E-state index contributed by atoms with van der Waals surface area (Å²) < 4.78 is 5.30. The van der Waals surface area contributed by atoms with Crippen LogP contribution in [-0.4, -0.2) is 26.1 Å². The quantitative estimate of drug-likeness (QED) is 0.790. The maximum atomic E-state index is 12.8. The van der Waals surface area contributed by atoms with Gasteiger partial charge in [-0.2, -0.15) is 0 Å². The van der Waals surface area contributed by atoms with Crippen molar-refractivity contribution in [1.29, 1.82) is 0 Å². The molecule has 0 radical (unpaired) electrons. The van der Waals surface area contributed by atoms with E-state index in [-0.39, 0.29) is 5.91 Å². The number of nitrogens with two attached hydrogens (primary N) is 1. The molecule has 144 valence electrons. The van der Waals surface area contributed by atoms with E-state index in [2.05, 4.69) is 31.0 Å². The number of hydrogen-bond acceptors (Lipinski definition) is 4. The van der Waals surface area contributed by atoms with E-state index < -0.39 is 0 Å². The average molecular weight is 367 g/mol. The Labute approximate surface area is 161 Å². The zero-order chi connectivity index (χ0) is 19.6. The number of nitrogen functional groups attached to an aromatic ring is 1. The van der Waals surface area contributed by atoms with Crippen LogP contribution in [0.25, 0.3) is 0 Å². The Kier molecular flexibility index (Phi) is 5.59. The number of anilines is 3. The Morgan fingerprint density at radius 3 is 2.52 bits per heavy atom. The molecular weight excluding hydrogens is 338 g/mol. The van der Waals surface area contributed by atoms with Crippen molar-refractivity contribution in [2.24, 2.45) is 11.8 Å². The zero-order valence-electron chi connectivity index (χ0n) is 16.6. The molecule has 0 unspecified atom stereocenters. The summed E-state index contributed by atoms with van der Waals surface area (Å²) in [6.07, 6.45) is 1.25. The summed E-state index contributed by atoms with van der Waals surface area (Å²) in [6.45, 7) is 8.70. The van der Waals surface area contributed by atoms with Gasteiger partial charge in [-0.1, -0.05) is 26.0 Å². The lowest BCUT2D eigenvalue weighted by Crippen LogP contribution is -2.39. The van der Waals surface area contributed by atoms with Gasteiger partial charge in [0.1, 0.15) is 5.75 Å². The van der Waals surface area contributed by atoms with Gasteiger partial charge in [-0.3, -0.25) is 4.79 Å². The number of hydrogen-bond donors (Lipinski definition) is 2. The molecule has 3 N–H and O–H groups in total. The molecule has 2 atom stereocenters. The summed E-state index contributed by atoms with van der Waals surface area (Å²) in [7, 11) is 1.56. The fourth-order valence-corrected chi connectivity index (χ4v) is 4.05. The Morgan fingerprint density at radius 1 is 1.19 bits per heavy atom. The van der Waals surface area contributed by atoms with E-state index in [0.29, 0.717) is 34.5 Å². The van der Waals surface area contributed by atoms with E-state index in [9.17, 15) is 4.79 Å². The van der Waals surface area contributed by atoms with Crippen LogP contribution < -0.4 is 20.7 Å². The van der Waals surface area contributed by atoms with E-state index in [0.717, 1.165) is 24.3 Å². The van der Waals surface area contributed by atoms with Crippen LogP contribution in [-0.2, 0) is 0 Å². The maximum Gasteiger partial charge on any atom is 0.259 e. The zero-order valence-corrected chi connectivity index (χ0v) is 16.6. The predicted octanol–water partition coefficient (Wildman–Crippen LogP) is 4.32. The molecule has 1 fully saturated rings. The minimum Gasteiger partial charge on any atom is -0.496 e. The maximum absolute atomic E-state index is 12.8. The highest BCUT2D eigenvalue weighted by atomic mass is 16.5. The first-order chi connectivity index (χ1) is 12.9. The van der Waals surface area contributed by atoms with Crippen molar-refractivity contribution in [3.8, 4) is 5.75 Å². The monoisotopic (exact) mass is 367 g/mol. The number of carbonyl (C=O) groups excluding carboxylic acids is 1. The predicted molar refractivity (Wildman–Crippen MR) is 112 cm³/mol. The summed E-state index contributed by atoms with van der Waals surface area (Å²) in [5.74, 6) is 1.61. The molecule has 5 nitrogen and oxygen atoms in total. The lowest BCUT2D eigenvalue weighted by atomic mass is 9.91. The van der Waals surface area contributed by atoms with Gasteiger partial charge in [0.2, 0.25) is 0 Å². The van der Waals surface area contributed by atoms with Gasteiger partial charge in [-0.05, 0) is 55.0 Å². The first-order valence-corrected chi connectivity index (χ1v) is 9.48. The van der Waals surface area contributed by atoms with E-state index in [1.54, 1.807) is 19.2 Å². The summed E-state index contributed by atoms with van der Waals surface area (Å²) in [5, 5.41) is 2.96. The third-order valence-corrected chi connectivity index (χ3v) is 5.18. The largest absolute Gasteiger partial charge is 0.496 e. The van der Waals surface area contributed by atoms with Crippen LogP contribution in [0.4, 0.5) is 17.1 Å². The van der Waals surface area contributed by atoms with Gasteiger partial charge in [0.05, 0.1) is 24.0 Å². The van der Waals surface area contributed by atoms with Gasteiger partial charge in [0.25, 0.3) is 5.91 Å².